The fourth-order valence-corrected chi connectivity index (χ4v) is 4.18. The van der Waals surface area contributed by atoms with E-state index in [4.69, 9.17) is 0 Å². The predicted octanol–water partition coefficient (Wildman–Crippen LogP) is 6.65. The SMILES string of the molecule is C1=C(c2ccccc2)SC(c2ccc(Nc3ccccc3)cc2)C1. The summed E-state index contributed by atoms with van der Waals surface area (Å²) in [7, 11) is 0. The Morgan fingerprint density at radius 3 is 2.04 bits per heavy atom. The van der Waals surface area contributed by atoms with Gasteiger partial charge in [-0.1, -0.05) is 66.7 Å². The maximum absolute atomic E-state index is 3.44. The molecule has 3 aromatic rings. The summed E-state index contributed by atoms with van der Waals surface area (Å²) in [5.41, 5.74) is 4.96. The van der Waals surface area contributed by atoms with Crippen LogP contribution in [-0.4, -0.2) is 0 Å². The van der Waals surface area contributed by atoms with Crippen molar-refractivity contribution in [2.45, 2.75) is 11.7 Å². The van der Waals surface area contributed by atoms with E-state index in [1.165, 1.54) is 16.0 Å². The van der Waals surface area contributed by atoms with E-state index in [2.05, 4.69) is 78.1 Å². The van der Waals surface area contributed by atoms with Crippen molar-refractivity contribution >= 4 is 28.0 Å². The fourth-order valence-electron chi connectivity index (χ4n) is 2.93. The minimum absolute atomic E-state index is 0.519. The van der Waals surface area contributed by atoms with Crippen molar-refractivity contribution in [3.05, 3.63) is 102 Å². The van der Waals surface area contributed by atoms with Crippen LogP contribution in [0.5, 0.6) is 0 Å². The van der Waals surface area contributed by atoms with Crippen molar-refractivity contribution in [3.63, 3.8) is 0 Å². The molecular weight excluding hydrogens is 310 g/mol. The van der Waals surface area contributed by atoms with Gasteiger partial charge in [0.25, 0.3) is 0 Å². The molecule has 118 valence electrons. The third-order valence-electron chi connectivity index (χ3n) is 4.19. The third kappa shape index (κ3) is 3.39. The van der Waals surface area contributed by atoms with Crippen LogP contribution in [0.15, 0.2) is 91.0 Å². The zero-order valence-corrected chi connectivity index (χ0v) is 14.2. The first-order chi connectivity index (χ1) is 11.9. The van der Waals surface area contributed by atoms with Gasteiger partial charge in [0.05, 0.1) is 0 Å². The van der Waals surface area contributed by atoms with Crippen molar-refractivity contribution in [1.29, 1.82) is 0 Å². The molecule has 1 atom stereocenters. The number of hydrogen-bond donors (Lipinski definition) is 1. The van der Waals surface area contributed by atoms with E-state index in [1.807, 2.05) is 30.0 Å². The predicted molar refractivity (Wildman–Crippen MR) is 106 cm³/mol. The lowest BCUT2D eigenvalue weighted by molar-refractivity contribution is 0.991. The van der Waals surface area contributed by atoms with Gasteiger partial charge in [0, 0.05) is 21.5 Å². The highest BCUT2D eigenvalue weighted by Gasteiger charge is 2.20. The van der Waals surface area contributed by atoms with Gasteiger partial charge < -0.3 is 5.32 Å². The maximum Gasteiger partial charge on any atom is 0.0384 e. The van der Waals surface area contributed by atoms with Gasteiger partial charge in [-0.25, -0.2) is 0 Å². The Hall–Kier alpha value is -2.45. The number of anilines is 2. The summed E-state index contributed by atoms with van der Waals surface area (Å²) in [6.45, 7) is 0. The molecular formula is C22H19NS. The van der Waals surface area contributed by atoms with Crippen LogP contribution in [-0.2, 0) is 0 Å². The first-order valence-electron chi connectivity index (χ1n) is 8.23. The standard InChI is InChI=1S/C22H19NS/c1-3-7-17(8-4-1)21-15-16-22(24-21)18-11-13-20(14-12-18)23-19-9-5-2-6-10-19/h1-15,22-23H,16H2. The molecule has 2 heteroatoms. The Bertz CT molecular complexity index is 823. The van der Waals surface area contributed by atoms with E-state index in [1.54, 1.807) is 0 Å². The van der Waals surface area contributed by atoms with Crippen LogP contribution in [0.25, 0.3) is 4.91 Å². The van der Waals surface area contributed by atoms with Gasteiger partial charge >= 0.3 is 0 Å². The van der Waals surface area contributed by atoms with Gasteiger partial charge in [-0.15, -0.1) is 11.8 Å². The second-order valence-corrected chi connectivity index (χ2v) is 7.13. The monoisotopic (exact) mass is 329 g/mol. The van der Waals surface area contributed by atoms with Crippen LogP contribution >= 0.6 is 11.8 Å². The van der Waals surface area contributed by atoms with Crippen LogP contribution in [0.4, 0.5) is 11.4 Å². The van der Waals surface area contributed by atoms with Crippen molar-refractivity contribution in [2.75, 3.05) is 5.32 Å². The zero-order chi connectivity index (χ0) is 16.2. The van der Waals surface area contributed by atoms with E-state index in [0.29, 0.717) is 5.25 Å². The van der Waals surface area contributed by atoms with Gasteiger partial charge in [0.1, 0.15) is 0 Å². The molecule has 3 aromatic carbocycles. The number of allylic oxidation sites excluding steroid dienone is 1. The summed E-state index contributed by atoms with van der Waals surface area (Å²) in [5, 5.41) is 3.96. The highest BCUT2D eigenvalue weighted by atomic mass is 32.2. The molecule has 0 bridgehead atoms. The third-order valence-corrected chi connectivity index (χ3v) is 5.60. The van der Waals surface area contributed by atoms with E-state index in [9.17, 15) is 0 Å². The lowest BCUT2D eigenvalue weighted by atomic mass is 10.1. The normalized spacial score (nSPS) is 16.7. The summed E-state index contributed by atoms with van der Waals surface area (Å²) < 4.78 is 0. The van der Waals surface area contributed by atoms with E-state index >= 15 is 0 Å². The first-order valence-corrected chi connectivity index (χ1v) is 9.11. The molecule has 0 aliphatic carbocycles. The van der Waals surface area contributed by atoms with Gasteiger partial charge in [-0.05, 0) is 41.8 Å². The Morgan fingerprint density at radius 2 is 1.33 bits per heavy atom. The number of benzene rings is 3. The van der Waals surface area contributed by atoms with Crippen LogP contribution in [0, 0.1) is 0 Å². The lowest BCUT2D eigenvalue weighted by Gasteiger charge is -2.12. The maximum atomic E-state index is 3.44. The molecule has 0 radical (unpaired) electrons. The molecule has 0 saturated carbocycles. The summed E-state index contributed by atoms with van der Waals surface area (Å²) >= 11 is 1.97. The molecule has 24 heavy (non-hydrogen) atoms. The lowest BCUT2D eigenvalue weighted by Crippen LogP contribution is -1.92. The van der Waals surface area contributed by atoms with Crippen LogP contribution < -0.4 is 5.32 Å². The Morgan fingerprint density at radius 1 is 0.708 bits per heavy atom. The first kappa shape index (κ1) is 15.1. The summed E-state index contributed by atoms with van der Waals surface area (Å²) in [5.74, 6) is 0. The molecule has 0 amide bonds. The zero-order valence-electron chi connectivity index (χ0n) is 13.4. The highest BCUT2D eigenvalue weighted by molar-refractivity contribution is 8.08. The molecule has 1 aliphatic heterocycles. The van der Waals surface area contributed by atoms with E-state index in [0.717, 1.165) is 17.8 Å². The van der Waals surface area contributed by atoms with Gasteiger partial charge in [0.2, 0.25) is 0 Å². The Kier molecular flexibility index (Phi) is 4.39. The number of rotatable bonds is 4. The average molecular weight is 329 g/mol. The Balaban J connectivity index is 1.43. The molecule has 0 saturated heterocycles. The topological polar surface area (TPSA) is 12.0 Å². The summed E-state index contributed by atoms with van der Waals surface area (Å²) in [6, 6.07) is 29.8. The molecule has 1 unspecified atom stereocenters. The van der Waals surface area contributed by atoms with Crippen molar-refractivity contribution in [1.82, 2.24) is 0 Å². The molecule has 4 rings (SSSR count). The Labute approximate surface area is 147 Å². The highest BCUT2D eigenvalue weighted by Crippen LogP contribution is 2.48. The van der Waals surface area contributed by atoms with Gasteiger partial charge in [-0.2, -0.15) is 0 Å². The number of hydrogen-bond acceptors (Lipinski definition) is 2. The van der Waals surface area contributed by atoms with Crippen LogP contribution in [0.1, 0.15) is 22.8 Å². The average Bonchev–Trinajstić information content (AvgIpc) is 3.14. The van der Waals surface area contributed by atoms with Crippen LogP contribution in [0.2, 0.25) is 0 Å². The van der Waals surface area contributed by atoms with Crippen molar-refractivity contribution in [3.8, 4) is 0 Å². The second-order valence-electron chi connectivity index (χ2n) is 5.89. The molecule has 0 aromatic heterocycles. The molecule has 0 fully saturated rings. The number of thioether (sulfide) groups is 1. The summed E-state index contributed by atoms with van der Waals surface area (Å²) in [4.78, 5) is 1.40. The molecule has 1 aliphatic rings. The quantitative estimate of drug-likeness (QED) is 0.575. The van der Waals surface area contributed by atoms with Gasteiger partial charge in [-0.3, -0.25) is 0 Å². The largest absolute Gasteiger partial charge is 0.356 e. The van der Waals surface area contributed by atoms with Crippen LogP contribution in [0.3, 0.4) is 0 Å². The second kappa shape index (κ2) is 6.98. The molecule has 1 N–H and O–H groups in total. The molecule has 1 nitrogen and oxygen atoms in total. The van der Waals surface area contributed by atoms with E-state index < -0.39 is 0 Å². The minimum atomic E-state index is 0.519. The number of nitrogens with one attached hydrogen (secondary N) is 1. The summed E-state index contributed by atoms with van der Waals surface area (Å²) in [6.07, 6.45) is 3.46. The van der Waals surface area contributed by atoms with Crippen molar-refractivity contribution in [2.24, 2.45) is 0 Å². The minimum Gasteiger partial charge on any atom is -0.356 e. The van der Waals surface area contributed by atoms with Gasteiger partial charge in [0.15, 0.2) is 0 Å². The smallest absolute Gasteiger partial charge is 0.0384 e. The fraction of sp³-hybridized carbons (Fsp3) is 0.0909. The molecule has 1 heterocycles. The molecule has 0 spiro atoms. The van der Waals surface area contributed by atoms with Crippen molar-refractivity contribution < 1.29 is 0 Å². The van der Waals surface area contributed by atoms with E-state index in [-0.39, 0.29) is 0 Å². The number of para-hydroxylation sites is 1.